The zero-order valence-corrected chi connectivity index (χ0v) is 13.6. The van der Waals surface area contributed by atoms with Gasteiger partial charge < -0.3 is 15.4 Å². The summed E-state index contributed by atoms with van der Waals surface area (Å²) in [7, 11) is 0. The molecule has 0 atom stereocenters. The third-order valence-corrected chi connectivity index (χ3v) is 4.25. The first-order valence-corrected chi connectivity index (χ1v) is 7.87. The summed E-state index contributed by atoms with van der Waals surface area (Å²) < 4.78 is 39.2. The van der Waals surface area contributed by atoms with Crippen LogP contribution >= 0.6 is 0 Å². The summed E-state index contributed by atoms with van der Waals surface area (Å²) in [5.41, 5.74) is 0.869. The highest BCUT2D eigenvalue weighted by Gasteiger charge is 2.32. The molecule has 4 rings (SSSR count). The molecule has 1 heterocycles. The maximum atomic E-state index is 13.1. The smallest absolute Gasteiger partial charge is 0.416 e. The van der Waals surface area contributed by atoms with E-state index < -0.39 is 11.7 Å². The molecule has 3 aromatic carbocycles. The van der Waals surface area contributed by atoms with Gasteiger partial charge in [0.25, 0.3) is 0 Å². The molecule has 0 saturated heterocycles. The number of alkyl halides is 3. The second kappa shape index (κ2) is 5.66. The molecule has 0 aliphatic rings. The van der Waals surface area contributed by atoms with Crippen molar-refractivity contribution in [3.63, 3.8) is 0 Å². The zero-order valence-electron chi connectivity index (χ0n) is 13.6. The number of aromatic amines is 1. The standard InChI is InChI=1S/C19H14F3N3O/c1-10-7-16-17(9-14(10)19(20,21)22)25-18(24-16)23-15-4-2-3-11-5-6-12(26)8-13(11)15/h2-9,26H,1H3,(H2,23,24,25). The van der Waals surface area contributed by atoms with E-state index >= 15 is 0 Å². The lowest BCUT2D eigenvalue weighted by atomic mass is 10.1. The minimum atomic E-state index is -4.42. The van der Waals surface area contributed by atoms with Crippen molar-refractivity contribution in [2.24, 2.45) is 0 Å². The Kier molecular flexibility index (Phi) is 3.54. The molecule has 0 amide bonds. The van der Waals surface area contributed by atoms with E-state index in [1.165, 1.54) is 13.0 Å². The number of anilines is 2. The number of nitrogens with zero attached hydrogens (tertiary/aromatic N) is 1. The lowest BCUT2D eigenvalue weighted by Crippen LogP contribution is -2.07. The number of imidazole rings is 1. The Morgan fingerprint density at radius 2 is 1.88 bits per heavy atom. The largest absolute Gasteiger partial charge is 0.508 e. The van der Waals surface area contributed by atoms with E-state index in [2.05, 4.69) is 15.3 Å². The molecule has 4 aromatic rings. The fourth-order valence-corrected chi connectivity index (χ4v) is 3.03. The Balaban J connectivity index is 1.78. The number of aryl methyl sites for hydroxylation is 1. The number of H-pyrrole nitrogens is 1. The molecule has 0 unspecified atom stereocenters. The number of nitrogens with one attached hydrogen (secondary N) is 2. The van der Waals surface area contributed by atoms with Crippen LogP contribution in [0.15, 0.2) is 48.5 Å². The second-order valence-electron chi connectivity index (χ2n) is 6.10. The van der Waals surface area contributed by atoms with Gasteiger partial charge in [-0.15, -0.1) is 0 Å². The summed E-state index contributed by atoms with van der Waals surface area (Å²) in [6, 6.07) is 13.0. The Hall–Kier alpha value is -3.22. The molecule has 7 heteroatoms. The van der Waals surface area contributed by atoms with E-state index in [4.69, 9.17) is 0 Å². The fraction of sp³-hybridized carbons (Fsp3) is 0.105. The Bertz CT molecular complexity index is 1130. The quantitative estimate of drug-likeness (QED) is 0.444. The van der Waals surface area contributed by atoms with Crippen LogP contribution in [0.2, 0.25) is 0 Å². The van der Waals surface area contributed by atoms with Crippen LogP contribution in [0.5, 0.6) is 5.75 Å². The Morgan fingerprint density at radius 1 is 1.08 bits per heavy atom. The fourth-order valence-electron chi connectivity index (χ4n) is 3.03. The van der Waals surface area contributed by atoms with E-state index in [0.717, 1.165) is 16.8 Å². The lowest BCUT2D eigenvalue weighted by Gasteiger charge is -2.09. The van der Waals surface area contributed by atoms with Crippen molar-refractivity contribution in [1.82, 2.24) is 9.97 Å². The Morgan fingerprint density at radius 3 is 2.65 bits per heavy atom. The van der Waals surface area contributed by atoms with Gasteiger partial charge >= 0.3 is 6.18 Å². The molecule has 132 valence electrons. The van der Waals surface area contributed by atoms with Crippen LogP contribution in [0, 0.1) is 6.92 Å². The molecule has 0 radical (unpaired) electrons. The first-order valence-electron chi connectivity index (χ1n) is 7.87. The van der Waals surface area contributed by atoms with Crippen LogP contribution in [-0.4, -0.2) is 15.1 Å². The number of phenols is 1. The molecule has 1 aromatic heterocycles. The lowest BCUT2D eigenvalue weighted by molar-refractivity contribution is -0.137. The topological polar surface area (TPSA) is 60.9 Å². The number of benzene rings is 3. The van der Waals surface area contributed by atoms with Crippen molar-refractivity contribution in [2.45, 2.75) is 13.1 Å². The summed E-state index contributed by atoms with van der Waals surface area (Å²) in [6.07, 6.45) is -4.42. The van der Waals surface area contributed by atoms with Crippen molar-refractivity contribution in [2.75, 3.05) is 5.32 Å². The molecule has 0 spiro atoms. The number of rotatable bonds is 2. The molecule has 4 nitrogen and oxygen atoms in total. The minimum absolute atomic E-state index is 0.127. The molecule has 0 aliphatic carbocycles. The van der Waals surface area contributed by atoms with Gasteiger partial charge in [0.15, 0.2) is 0 Å². The third-order valence-electron chi connectivity index (χ3n) is 4.25. The summed E-state index contributed by atoms with van der Waals surface area (Å²) in [5, 5.41) is 14.5. The summed E-state index contributed by atoms with van der Waals surface area (Å²) in [4.78, 5) is 7.21. The number of aromatic hydroxyl groups is 1. The molecule has 0 saturated carbocycles. The predicted octanol–water partition coefficient (Wildman–Crippen LogP) is 5.49. The molecular weight excluding hydrogens is 343 g/mol. The van der Waals surface area contributed by atoms with Gasteiger partial charge in [0.05, 0.1) is 16.6 Å². The van der Waals surface area contributed by atoms with Gasteiger partial charge in [-0.05, 0) is 48.2 Å². The first-order chi connectivity index (χ1) is 12.3. The van der Waals surface area contributed by atoms with Gasteiger partial charge in [-0.1, -0.05) is 18.2 Å². The molecular formula is C19H14F3N3O. The van der Waals surface area contributed by atoms with Crippen molar-refractivity contribution >= 4 is 33.4 Å². The maximum absolute atomic E-state index is 13.1. The van der Waals surface area contributed by atoms with Gasteiger partial charge in [-0.25, -0.2) is 4.98 Å². The van der Waals surface area contributed by atoms with Crippen LogP contribution in [0.1, 0.15) is 11.1 Å². The predicted molar refractivity (Wildman–Crippen MR) is 94.7 cm³/mol. The molecule has 0 aliphatic heterocycles. The second-order valence-corrected chi connectivity index (χ2v) is 6.10. The zero-order chi connectivity index (χ0) is 18.5. The summed E-state index contributed by atoms with van der Waals surface area (Å²) in [5.74, 6) is 0.455. The van der Waals surface area contributed by atoms with Crippen molar-refractivity contribution in [1.29, 1.82) is 0 Å². The molecule has 0 fully saturated rings. The maximum Gasteiger partial charge on any atom is 0.416 e. The monoisotopic (exact) mass is 357 g/mol. The Labute approximate surface area is 146 Å². The van der Waals surface area contributed by atoms with E-state index in [9.17, 15) is 18.3 Å². The first kappa shape index (κ1) is 16.3. The van der Waals surface area contributed by atoms with Crippen molar-refractivity contribution in [3.8, 4) is 5.75 Å². The highest BCUT2D eigenvalue weighted by Crippen LogP contribution is 2.35. The van der Waals surface area contributed by atoms with Crippen LogP contribution in [-0.2, 0) is 6.18 Å². The van der Waals surface area contributed by atoms with Gasteiger partial charge in [0.1, 0.15) is 5.75 Å². The van der Waals surface area contributed by atoms with Crippen LogP contribution in [0.25, 0.3) is 21.8 Å². The van der Waals surface area contributed by atoms with Crippen LogP contribution in [0.4, 0.5) is 24.8 Å². The highest BCUT2D eigenvalue weighted by atomic mass is 19.4. The van der Waals surface area contributed by atoms with E-state index in [1.807, 2.05) is 12.1 Å². The van der Waals surface area contributed by atoms with Crippen molar-refractivity contribution < 1.29 is 18.3 Å². The van der Waals surface area contributed by atoms with Gasteiger partial charge in [0, 0.05) is 11.1 Å². The average Bonchev–Trinajstić information content (AvgIpc) is 2.95. The average molecular weight is 357 g/mol. The molecule has 26 heavy (non-hydrogen) atoms. The number of hydrogen-bond donors (Lipinski definition) is 3. The number of fused-ring (bicyclic) bond motifs is 2. The van der Waals surface area contributed by atoms with E-state index in [1.54, 1.807) is 24.3 Å². The number of phenolic OH excluding ortho intramolecular Hbond substituents is 1. The van der Waals surface area contributed by atoms with Gasteiger partial charge in [0.2, 0.25) is 5.95 Å². The van der Waals surface area contributed by atoms with E-state index in [-0.39, 0.29) is 16.8 Å². The summed E-state index contributed by atoms with van der Waals surface area (Å²) in [6.45, 7) is 1.42. The van der Waals surface area contributed by atoms with Crippen molar-refractivity contribution in [3.05, 3.63) is 59.7 Å². The normalized spacial score (nSPS) is 12.0. The SMILES string of the molecule is Cc1cc2[nH]c(Nc3cccc4ccc(O)cc34)nc2cc1C(F)(F)F. The number of aromatic nitrogens is 2. The van der Waals surface area contributed by atoms with E-state index in [0.29, 0.717) is 17.2 Å². The third kappa shape index (κ3) is 2.81. The summed E-state index contributed by atoms with van der Waals surface area (Å²) >= 11 is 0. The number of hydrogen-bond acceptors (Lipinski definition) is 3. The molecule has 3 N–H and O–H groups in total. The minimum Gasteiger partial charge on any atom is -0.508 e. The van der Waals surface area contributed by atoms with Crippen LogP contribution < -0.4 is 5.32 Å². The molecule has 0 bridgehead atoms. The van der Waals surface area contributed by atoms with Crippen LogP contribution in [0.3, 0.4) is 0 Å². The van der Waals surface area contributed by atoms with Gasteiger partial charge in [-0.2, -0.15) is 13.2 Å². The number of halogens is 3. The van der Waals surface area contributed by atoms with Gasteiger partial charge in [-0.3, -0.25) is 0 Å². The highest BCUT2D eigenvalue weighted by molar-refractivity contribution is 5.96.